The van der Waals surface area contributed by atoms with Crippen molar-refractivity contribution in [2.75, 3.05) is 0 Å². The highest BCUT2D eigenvalue weighted by Gasteiger charge is 2.62. The highest BCUT2D eigenvalue weighted by atomic mass is 16.6. The Hall–Kier alpha value is -1.58. The molecule has 0 aliphatic heterocycles. The summed E-state index contributed by atoms with van der Waals surface area (Å²) in [6.07, 6.45) is 14.6. The van der Waals surface area contributed by atoms with Crippen molar-refractivity contribution in [3.63, 3.8) is 0 Å². The van der Waals surface area contributed by atoms with Crippen LogP contribution in [-0.2, 0) is 19.1 Å². The molecule has 4 rings (SSSR count). The highest BCUT2D eigenvalue weighted by molar-refractivity contribution is 5.67. The van der Waals surface area contributed by atoms with Gasteiger partial charge in [0.25, 0.3) is 0 Å². The normalized spacial score (nSPS) is 41.6. The molecule has 4 aliphatic rings. The fraction of sp³-hybridized carbons (Fsp3) is 0.812. The minimum atomic E-state index is -0.254. The average Bonchev–Trinajstić information content (AvgIpc) is 3.14. The van der Waals surface area contributed by atoms with E-state index >= 15 is 0 Å². The molecule has 4 nitrogen and oxygen atoms in total. The second-order valence-corrected chi connectivity index (χ2v) is 13.5. The van der Waals surface area contributed by atoms with Crippen molar-refractivity contribution in [2.45, 2.75) is 113 Å². The first kappa shape index (κ1) is 27.5. The molecule has 0 aromatic carbocycles. The Bertz CT molecular complexity index is 902. The molecule has 0 saturated heterocycles. The van der Waals surface area contributed by atoms with E-state index in [2.05, 4.69) is 59.8 Å². The van der Waals surface area contributed by atoms with Crippen LogP contribution in [0.15, 0.2) is 23.8 Å². The molecule has 0 bridgehead atoms. The standard InChI is InChI=1S/C32H50O4/c1-19(2)20(3)9-10-21(4)27-13-14-28-26-12-11-24-17-25(35-22(5)33)18-30(36-23(6)34)32(24,8)29(26)15-16-31(27,28)7/h9-11,19-21,25-30H,12-18H2,1-8H3/t20-,21+,25+,26-,27+,28-,29-,30-,31+,32-/m0/s1. The molecule has 0 unspecified atom stereocenters. The van der Waals surface area contributed by atoms with E-state index in [0.717, 1.165) is 24.7 Å². The lowest BCUT2D eigenvalue weighted by molar-refractivity contribution is -0.172. The zero-order chi connectivity index (χ0) is 26.4. The van der Waals surface area contributed by atoms with Crippen molar-refractivity contribution in [3.8, 4) is 0 Å². The van der Waals surface area contributed by atoms with Gasteiger partial charge in [0.1, 0.15) is 12.2 Å². The summed E-state index contributed by atoms with van der Waals surface area (Å²) in [5.41, 5.74) is 1.56. The summed E-state index contributed by atoms with van der Waals surface area (Å²) in [7, 11) is 0. The summed E-state index contributed by atoms with van der Waals surface area (Å²) in [4.78, 5) is 23.9. The van der Waals surface area contributed by atoms with Gasteiger partial charge in [-0.2, -0.15) is 0 Å². The van der Waals surface area contributed by atoms with Crippen LogP contribution in [0.3, 0.4) is 0 Å². The number of allylic oxidation sites excluding steroid dienone is 3. The summed E-state index contributed by atoms with van der Waals surface area (Å²) < 4.78 is 11.6. The van der Waals surface area contributed by atoms with Crippen LogP contribution in [0.1, 0.15) is 100 Å². The minimum absolute atomic E-state index is 0.164. The van der Waals surface area contributed by atoms with Crippen molar-refractivity contribution in [1.82, 2.24) is 0 Å². The predicted octanol–water partition coefficient (Wildman–Crippen LogP) is 7.52. The van der Waals surface area contributed by atoms with E-state index in [1.807, 2.05) is 0 Å². The topological polar surface area (TPSA) is 52.6 Å². The summed E-state index contributed by atoms with van der Waals surface area (Å²) in [5.74, 6) is 4.03. The van der Waals surface area contributed by atoms with Gasteiger partial charge in [0, 0.05) is 32.1 Å². The van der Waals surface area contributed by atoms with Crippen LogP contribution in [0, 0.1) is 52.3 Å². The zero-order valence-corrected chi connectivity index (χ0v) is 24.0. The largest absolute Gasteiger partial charge is 0.462 e. The molecule has 3 fully saturated rings. The van der Waals surface area contributed by atoms with E-state index in [1.54, 1.807) is 0 Å². The number of esters is 2. The number of hydrogen-bond donors (Lipinski definition) is 0. The molecule has 4 aliphatic carbocycles. The first-order valence-electron chi connectivity index (χ1n) is 14.6. The van der Waals surface area contributed by atoms with E-state index < -0.39 is 0 Å². The van der Waals surface area contributed by atoms with E-state index in [4.69, 9.17) is 9.47 Å². The van der Waals surface area contributed by atoms with E-state index in [-0.39, 0.29) is 29.6 Å². The first-order valence-corrected chi connectivity index (χ1v) is 14.6. The maximum absolute atomic E-state index is 12.2. The third kappa shape index (κ3) is 4.83. The fourth-order valence-corrected chi connectivity index (χ4v) is 8.96. The molecule has 0 amide bonds. The van der Waals surface area contributed by atoms with Gasteiger partial charge in [-0.05, 0) is 78.9 Å². The van der Waals surface area contributed by atoms with Gasteiger partial charge >= 0.3 is 11.9 Å². The van der Waals surface area contributed by atoms with Crippen LogP contribution < -0.4 is 0 Å². The maximum atomic E-state index is 12.2. The first-order chi connectivity index (χ1) is 16.9. The van der Waals surface area contributed by atoms with Crippen LogP contribution in [-0.4, -0.2) is 24.1 Å². The van der Waals surface area contributed by atoms with Crippen molar-refractivity contribution in [3.05, 3.63) is 23.8 Å². The molecule has 36 heavy (non-hydrogen) atoms. The quantitative estimate of drug-likeness (QED) is 0.281. The molecular weight excluding hydrogens is 448 g/mol. The maximum Gasteiger partial charge on any atom is 0.302 e. The second-order valence-electron chi connectivity index (χ2n) is 13.5. The molecule has 0 N–H and O–H groups in total. The van der Waals surface area contributed by atoms with E-state index in [0.29, 0.717) is 41.4 Å². The van der Waals surface area contributed by atoms with Gasteiger partial charge in [-0.25, -0.2) is 0 Å². The van der Waals surface area contributed by atoms with Gasteiger partial charge in [0.15, 0.2) is 0 Å². The van der Waals surface area contributed by atoms with Gasteiger partial charge < -0.3 is 9.47 Å². The smallest absolute Gasteiger partial charge is 0.302 e. The lowest BCUT2D eigenvalue weighted by Gasteiger charge is -2.60. The Morgan fingerprint density at radius 2 is 1.67 bits per heavy atom. The number of fused-ring (bicyclic) bond motifs is 5. The molecule has 10 atom stereocenters. The van der Waals surface area contributed by atoms with Crippen molar-refractivity contribution >= 4 is 11.9 Å². The molecule has 0 spiro atoms. The lowest BCUT2D eigenvalue weighted by atomic mass is 9.46. The molecule has 0 radical (unpaired) electrons. The van der Waals surface area contributed by atoms with Gasteiger partial charge in [-0.15, -0.1) is 0 Å². The Labute approximate surface area is 219 Å². The summed E-state index contributed by atoms with van der Waals surface area (Å²) in [5, 5.41) is 0. The van der Waals surface area contributed by atoms with E-state index in [1.165, 1.54) is 45.1 Å². The Morgan fingerprint density at radius 1 is 0.972 bits per heavy atom. The Balaban J connectivity index is 1.59. The molecule has 4 heteroatoms. The lowest BCUT2D eigenvalue weighted by Crippen LogP contribution is -2.56. The minimum Gasteiger partial charge on any atom is -0.462 e. The summed E-state index contributed by atoms with van der Waals surface area (Å²) in [6, 6.07) is 0. The number of rotatable bonds is 6. The molecular formula is C32H50O4. The van der Waals surface area contributed by atoms with Crippen LogP contribution in [0.5, 0.6) is 0 Å². The highest BCUT2D eigenvalue weighted by Crippen LogP contribution is 2.67. The summed E-state index contributed by atoms with van der Waals surface area (Å²) in [6.45, 7) is 17.3. The Morgan fingerprint density at radius 3 is 2.31 bits per heavy atom. The summed E-state index contributed by atoms with van der Waals surface area (Å²) >= 11 is 0. The van der Waals surface area contributed by atoms with Crippen LogP contribution in [0.4, 0.5) is 0 Å². The second kappa shape index (κ2) is 10.3. The molecule has 0 aromatic rings. The van der Waals surface area contributed by atoms with Crippen LogP contribution in [0.25, 0.3) is 0 Å². The monoisotopic (exact) mass is 498 g/mol. The van der Waals surface area contributed by atoms with Crippen molar-refractivity contribution in [2.24, 2.45) is 52.3 Å². The molecule has 3 saturated carbocycles. The van der Waals surface area contributed by atoms with Gasteiger partial charge in [-0.3, -0.25) is 9.59 Å². The van der Waals surface area contributed by atoms with Gasteiger partial charge in [-0.1, -0.05) is 65.3 Å². The van der Waals surface area contributed by atoms with E-state index in [9.17, 15) is 9.59 Å². The SMILES string of the molecule is CC(=O)O[C@@H]1CC2=CC[C@H]3[C@@H]4CC[C@H]([C@H](C)C=C[C@H](C)C(C)C)[C@@]4(C)CC[C@@H]3[C@@]2(C)[C@@H](OC(C)=O)C1. The fourth-order valence-electron chi connectivity index (χ4n) is 8.96. The predicted molar refractivity (Wildman–Crippen MR) is 144 cm³/mol. The van der Waals surface area contributed by atoms with Crippen molar-refractivity contribution in [1.29, 1.82) is 0 Å². The molecule has 0 aromatic heterocycles. The number of carbonyl (C=O) groups is 2. The van der Waals surface area contributed by atoms with Gasteiger partial charge in [0.2, 0.25) is 0 Å². The van der Waals surface area contributed by atoms with Crippen molar-refractivity contribution < 1.29 is 19.1 Å². The third-order valence-corrected chi connectivity index (χ3v) is 11.2. The Kier molecular flexibility index (Phi) is 7.85. The number of hydrogen-bond acceptors (Lipinski definition) is 4. The van der Waals surface area contributed by atoms with Crippen LogP contribution >= 0.6 is 0 Å². The molecule has 202 valence electrons. The zero-order valence-electron chi connectivity index (χ0n) is 24.0. The molecule has 0 heterocycles. The van der Waals surface area contributed by atoms with Gasteiger partial charge in [0.05, 0.1) is 0 Å². The number of carbonyl (C=O) groups excluding carboxylic acids is 2. The average molecular weight is 499 g/mol. The third-order valence-electron chi connectivity index (χ3n) is 11.2. The van der Waals surface area contributed by atoms with Crippen LogP contribution in [0.2, 0.25) is 0 Å². The number of ether oxygens (including phenoxy) is 2.